The Morgan fingerprint density at radius 2 is 1.95 bits per heavy atom. The Morgan fingerprint density at radius 3 is 2.73 bits per heavy atom. The van der Waals surface area contributed by atoms with Crippen LogP contribution in [-0.2, 0) is 0 Å². The van der Waals surface area contributed by atoms with Gasteiger partial charge in [-0.2, -0.15) is 0 Å². The smallest absolute Gasteiger partial charge is 0.159 e. The Morgan fingerprint density at radius 1 is 1.09 bits per heavy atom. The maximum atomic E-state index is 4.84. The molecule has 0 radical (unpaired) electrons. The van der Waals surface area contributed by atoms with E-state index < -0.39 is 0 Å². The number of aromatic nitrogens is 3. The van der Waals surface area contributed by atoms with Crippen LogP contribution in [0.25, 0.3) is 22.6 Å². The van der Waals surface area contributed by atoms with Gasteiger partial charge in [-0.15, -0.1) is 0 Å². The third kappa shape index (κ3) is 2.26. The van der Waals surface area contributed by atoms with Gasteiger partial charge in [0.15, 0.2) is 5.82 Å². The molecule has 0 aliphatic carbocycles. The molecule has 110 valence electrons. The standard InChI is InChI=1S/C18H18N4/c1-13-19-16-12-15(14-8-4-2-5-9-14)21-17(16)18(20-13)22-10-6-3-7-11-22/h2-6,8-9,12H,7,10-11H2,1H3,(H,19,20). The van der Waals surface area contributed by atoms with Crippen molar-refractivity contribution in [3.63, 3.8) is 0 Å². The second kappa shape index (κ2) is 5.30. The fraction of sp³-hybridized carbons (Fsp3) is 0.222. The summed E-state index contributed by atoms with van der Waals surface area (Å²) >= 11 is 0. The molecule has 22 heavy (non-hydrogen) atoms. The monoisotopic (exact) mass is 290 g/mol. The number of hydrogen-bond donors (Lipinski definition) is 1. The summed E-state index contributed by atoms with van der Waals surface area (Å²) in [5.41, 5.74) is 4.14. The number of benzene rings is 1. The highest BCUT2D eigenvalue weighted by molar-refractivity contribution is 5.78. The van der Waals surface area contributed by atoms with Crippen LogP contribution in [0.3, 0.4) is 0 Å². The number of nitrogens with one attached hydrogen (secondary N) is 1. The molecular formula is C18H18N4. The molecule has 0 atom stereocenters. The first-order chi connectivity index (χ1) is 10.8. The Hall–Kier alpha value is -2.62. The Labute approximate surface area is 129 Å². The number of hydrogen-bond acceptors (Lipinski definition) is 3. The Kier molecular flexibility index (Phi) is 3.15. The van der Waals surface area contributed by atoms with E-state index in [0.717, 1.165) is 53.8 Å². The van der Waals surface area contributed by atoms with Crippen molar-refractivity contribution in [3.8, 4) is 22.6 Å². The molecule has 0 saturated carbocycles. The largest absolute Gasteiger partial charge is 0.351 e. The van der Waals surface area contributed by atoms with Crippen LogP contribution in [0.4, 0.5) is 5.82 Å². The molecule has 0 unspecified atom stereocenters. The minimum absolute atomic E-state index is 0.902. The van der Waals surface area contributed by atoms with E-state index in [1.165, 1.54) is 0 Å². The van der Waals surface area contributed by atoms with Crippen LogP contribution in [0.5, 0.6) is 0 Å². The van der Waals surface area contributed by atoms with Gasteiger partial charge in [-0.3, -0.25) is 0 Å². The van der Waals surface area contributed by atoms with Crippen molar-refractivity contribution in [2.24, 2.45) is 0 Å². The summed E-state index contributed by atoms with van der Waals surface area (Å²) in [6.07, 6.45) is 5.49. The molecule has 0 saturated heterocycles. The van der Waals surface area contributed by atoms with Crippen molar-refractivity contribution in [1.29, 1.82) is 0 Å². The van der Waals surface area contributed by atoms with E-state index in [-0.39, 0.29) is 0 Å². The highest BCUT2D eigenvalue weighted by Gasteiger charge is 2.21. The van der Waals surface area contributed by atoms with Gasteiger partial charge in [0.05, 0.1) is 11.4 Å². The Bertz CT molecular complexity index is 788. The minimum Gasteiger partial charge on any atom is -0.351 e. The van der Waals surface area contributed by atoms with E-state index in [4.69, 9.17) is 9.97 Å². The molecule has 1 N–H and O–H groups in total. The van der Waals surface area contributed by atoms with Crippen molar-refractivity contribution < 1.29 is 0 Å². The van der Waals surface area contributed by atoms with Gasteiger partial charge >= 0.3 is 0 Å². The van der Waals surface area contributed by atoms with Crippen LogP contribution < -0.4 is 4.90 Å². The van der Waals surface area contributed by atoms with Crippen molar-refractivity contribution >= 4 is 5.82 Å². The summed E-state index contributed by atoms with van der Waals surface area (Å²) in [4.78, 5) is 15.2. The number of aromatic amines is 1. The molecule has 1 aromatic carbocycles. The molecule has 3 aliphatic rings. The number of fused-ring (bicyclic) bond motifs is 1. The van der Waals surface area contributed by atoms with E-state index >= 15 is 0 Å². The van der Waals surface area contributed by atoms with Crippen LogP contribution >= 0.6 is 0 Å². The number of rotatable bonds is 2. The first kappa shape index (κ1) is 13.1. The van der Waals surface area contributed by atoms with Crippen LogP contribution in [0, 0.1) is 6.92 Å². The topological polar surface area (TPSA) is 44.8 Å². The fourth-order valence-corrected chi connectivity index (χ4v) is 2.93. The highest BCUT2D eigenvalue weighted by atomic mass is 15.2. The highest BCUT2D eigenvalue weighted by Crippen LogP contribution is 2.33. The van der Waals surface area contributed by atoms with Crippen LogP contribution in [0.15, 0.2) is 48.6 Å². The molecule has 0 aromatic heterocycles. The average Bonchev–Trinajstić information content (AvgIpc) is 2.99. The maximum Gasteiger partial charge on any atom is 0.159 e. The minimum atomic E-state index is 0.902. The second-order valence-corrected chi connectivity index (χ2v) is 5.62. The summed E-state index contributed by atoms with van der Waals surface area (Å²) in [7, 11) is 0. The van der Waals surface area contributed by atoms with Crippen LogP contribution in [0.2, 0.25) is 0 Å². The van der Waals surface area contributed by atoms with Crippen LogP contribution in [0.1, 0.15) is 12.2 Å². The predicted octanol–water partition coefficient (Wildman–Crippen LogP) is 3.65. The lowest BCUT2D eigenvalue weighted by Gasteiger charge is -2.26. The number of anilines is 1. The first-order valence-electron chi connectivity index (χ1n) is 7.64. The normalized spacial score (nSPS) is 14.7. The van der Waals surface area contributed by atoms with Gasteiger partial charge in [-0.25, -0.2) is 9.97 Å². The van der Waals surface area contributed by atoms with E-state index in [1.807, 2.05) is 25.1 Å². The summed E-state index contributed by atoms with van der Waals surface area (Å²) in [5, 5.41) is 0. The molecular weight excluding hydrogens is 272 g/mol. The molecule has 3 heterocycles. The third-order valence-corrected chi connectivity index (χ3v) is 4.00. The van der Waals surface area contributed by atoms with Gasteiger partial charge in [-0.1, -0.05) is 42.5 Å². The molecule has 0 amide bonds. The molecule has 4 heteroatoms. The lowest BCUT2D eigenvalue weighted by Crippen LogP contribution is -2.28. The molecule has 3 aliphatic heterocycles. The lowest BCUT2D eigenvalue weighted by molar-refractivity contribution is 0.797. The average molecular weight is 290 g/mol. The van der Waals surface area contributed by atoms with Crippen molar-refractivity contribution in [2.75, 3.05) is 18.0 Å². The summed E-state index contributed by atoms with van der Waals surface area (Å²) in [6.45, 7) is 3.90. The lowest BCUT2D eigenvalue weighted by atomic mass is 10.1. The molecule has 4 nitrogen and oxygen atoms in total. The zero-order valence-corrected chi connectivity index (χ0v) is 12.6. The zero-order chi connectivity index (χ0) is 14.9. The molecule has 0 fully saturated rings. The third-order valence-electron chi connectivity index (χ3n) is 4.00. The van der Waals surface area contributed by atoms with Crippen molar-refractivity contribution in [3.05, 3.63) is 54.4 Å². The number of aryl methyl sites for hydroxylation is 1. The van der Waals surface area contributed by atoms with Crippen LogP contribution in [-0.4, -0.2) is 28.0 Å². The van der Waals surface area contributed by atoms with Gasteiger partial charge in [-0.05, 0) is 19.4 Å². The summed E-state index contributed by atoms with van der Waals surface area (Å²) in [6, 6.07) is 12.4. The zero-order valence-electron chi connectivity index (χ0n) is 12.6. The molecule has 1 aromatic rings. The van der Waals surface area contributed by atoms with E-state index in [2.05, 4.69) is 40.2 Å². The van der Waals surface area contributed by atoms with E-state index in [9.17, 15) is 0 Å². The summed E-state index contributed by atoms with van der Waals surface area (Å²) in [5.74, 6) is 1.90. The summed E-state index contributed by atoms with van der Waals surface area (Å²) < 4.78 is 0. The molecule has 4 rings (SSSR count). The van der Waals surface area contributed by atoms with Crippen molar-refractivity contribution in [2.45, 2.75) is 13.3 Å². The maximum absolute atomic E-state index is 4.84. The predicted molar refractivity (Wildman–Crippen MR) is 89.1 cm³/mol. The Balaban J connectivity index is 1.84. The van der Waals surface area contributed by atoms with E-state index in [1.54, 1.807) is 0 Å². The van der Waals surface area contributed by atoms with Gasteiger partial charge in [0.2, 0.25) is 0 Å². The van der Waals surface area contributed by atoms with Gasteiger partial charge in [0.25, 0.3) is 0 Å². The number of H-pyrrole nitrogens is 1. The second-order valence-electron chi connectivity index (χ2n) is 5.62. The quantitative estimate of drug-likeness (QED) is 0.733. The van der Waals surface area contributed by atoms with Gasteiger partial charge in [0.1, 0.15) is 11.5 Å². The first-order valence-corrected chi connectivity index (χ1v) is 7.64. The fourth-order valence-electron chi connectivity index (χ4n) is 2.93. The van der Waals surface area contributed by atoms with Crippen molar-refractivity contribution in [1.82, 2.24) is 15.0 Å². The SMILES string of the molecule is Cc1nc(N2CC=CCC2)c2nc(-c3ccccc3)cc-2[nH]1. The number of nitrogens with zero attached hydrogens (tertiary/aromatic N) is 3. The van der Waals surface area contributed by atoms with E-state index in [0.29, 0.717) is 0 Å². The van der Waals surface area contributed by atoms with Gasteiger partial charge < -0.3 is 9.88 Å². The molecule has 0 spiro atoms. The molecule has 0 bridgehead atoms. The van der Waals surface area contributed by atoms with Gasteiger partial charge in [0, 0.05) is 18.7 Å².